The number of aliphatic hydroxyl groups excluding tert-OH is 1. The van der Waals surface area contributed by atoms with E-state index in [0.29, 0.717) is 22.6 Å². The van der Waals surface area contributed by atoms with E-state index in [4.69, 9.17) is 5.73 Å². The smallest absolute Gasteiger partial charge is 0.160 e. The van der Waals surface area contributed by atoms with Gasteiger partial charge in [-0.25, -0.2) is 4.39 Å². The standard InChI is InChI=1S/C13H18BrFN2O/c1-17(7-8-4-10(18)5-8)11-3-2-9(6-16)12(14)13(11)15/h2-3,8,10,18H,4-7,16H2,1H3. The molecule has 0 amide bonds. The summed E-state index contributed by atoms with van der Waals surface area (Å²) in [6.45, 7) is 1.08. The van der Waals surface area contributed by atoms with Gasteiger partial charge in [0.1, 0.15) is 0 Å². The van der Waals surface area contributed by atoms with Crippen LogP contribution in [0.1, 0.15) is 18.4 Å². The molecule has 0 aliphatic heterocycles. The molecule has 0 atom stereocenters. The lowest BCUT2D eigenvalue weighted by molar-refractivity contribution is 0.0464. The molecule has 0 radical (unpaired) electrons. The zero-order valence-electron chi connectivity index (χ0n) is 10.4. The molecule has 0 saturated heterocycles. The third-order valence-electron chi connectivity index (χ3n) is 3.52. The van der Waals surface area contributed by atoms with Gasteiger partial charge in [-0.05, 0) is 46.3 Å². The van der Waals surface area contributed by atoms with Gasteiger partial charge in [-0.1, -0.05) is 6.07 Å². The molecule has 2 rings (SSSR count). The largest absolute Gasteiger partial charge is 0.393 e. The Kier molecular flexibility index (Phi) is 4.25. The molecular formula is C13H18BrFN2O. The minimum Gasteiger partial charge on any atom is -0.393 e. The van der Waals surface area contributed by atoms with Crippen LogP contribution in [-0.2, 0) is 6.54 Å². The average Bonchev–Trinajstić information content (AvgIpc) is 2.30. The molecule has 0 heterocycles. The molecule has 1 aromatic carbocycles. The summed E-state index contributed by atoms with van der Waals surface area (Å²) in [6.07, 6.45) is 1.46. The van der Waals surface area contributed by atoms with Gasteiger partial charge < -0.3 is 15.7 Å². The number of halogens is 2. The van der Waals surface area contributed by atoms with Crippen LogP contribution in [0.25, 0.3) is 0 Å². The lowest BCUT2D eigenvalue weighted by Crippen LogP contribution is -2.37. The zero-order chi connectivity index (χ0) is 13.3. The highest BCUT2D eigenvalue weighted by atomic mass is 79.9. The molecule has 1 aliphatic carbocycles. The normalized spacial score (nSPS) is 22.7. The minimum absolute atomic E-state index is 0.167. The Balaban J connectivity index is 2.10. The molecule has 3 N–H and O–H groups in total. The van der Waals surface area contributed by atoms with Crippen molar-refractivity contribution in [2.45, 2.75) is 25.5 Å². The molecule has 100 valence electrons. The molecule has 3 nitrogen and oxygen atoms in total. The van der Waals surface area contributed by atoms with E-state index in [0.717, 1.165) is 24.9 Å². The van der Waals surface area contributed by atoms with Crippen molar-refractivity contribution in [3.8, 4) is 0 Å². The Bertz CT molecular complexity index is 435. The van der Waals surface area contributed by atoms with E-state index < -0.39 is 0 Å². The van der Waals surface area contributed by atoms with Gasteiger partial charge in [-0.3, -0.25) is 0 Å². The van der Waals surface area contributed by atoms with Crippen molar-refractivity contribution >= 4 is 21.6 Å². The minimum atomic E-state index is -0.264. The first-order chi connectivity index (χ1) is 8.52. The summed E-state index contributed by atoms with van der Waals surface area (Å²) in [5, 5.41) is 9.25. The van der Waals surface area contributed by atoms with Crippen LogP contribution in [0.5, 0.6) is 0 Å². The predicted octanol–water partition coefficient (Wildman–Crippen LogP) is 2.25. The summed E-state index contributed by atoms with van der Waals surface area (Å²) < 4.78 is 14.6. The second-order valence-electron chi connectivity index (χ2n) is 4.95. The highest BCUT2D eigenvalue weighted by molar-refractivity contribution is 9.10. The lowest BCUT2D eigenvalue weighted by Gasteiger charge is -2.35. The highest BCUT2D eigenvalue weighted by Gasteiger charge is 2.28. The number of anilines is 1. The first kappa shape index (κ1) is 13.8. The van der Waals surface area contributed by atoms with Crippen molar-refractivity contribution in [1.29, 1.82) is 0 Å². The quantitative estimate of drug-likeness (QED) is 0.895. The molecule has 5 heteroatoms. The summed E-state index contributed by atoms with van der Waals surface area (Å²) in [5.74, 6) is 0.192. The van der Waals surface area contributed by atoms with Crippen molar-refractivity contribution in [3.05, 3.63) is 28.0 Å². The lowest BCUT2D eigenvalue weighted by atomic mass is 9.82. The number of hydrogen-bond donors (Lipinski definition) is 2. The maximum absolute atomic E-state index is 14.2. The zero-order valence-corrected chi connectivity index (χ0v) is 12.0. The molecule has 18 heavy (non-hydrogen) atoms. The van der Waals surface area contributed by atoms with E-state index in [1.165, 1.54) is 0 Å². The Morgan fingerprint density at radius 1 is 1.50 bits per heavy atom. The molecule has 0 spiro atoms. The Labute approximate surface area is 115 Å². The summed E-state index contributed by atoms with van der Waals surface area (Å²) in [7, 11) is 1.87. The van der Waals surface area contributed by atoms with E-state index in [9.17, 15) is 9.50 Å². The van der Waals surface area contributed by atoms with Crippen LogP contribution < -0.4 is 10.6 Å². The van der Waals surface area contributed by atoms with E-state index in [1.807, 2.05) is 18.0 Å². The van der Waals surface area contributed by atoms with Gasteiger partial charge >= 0.3 is 0 Å². The third kappa shape index (κ3) is 2.68. The Morgan fingerprint density at radius 3 is 2.72 bits per heavy atom. The van der Waals surface area contributed by atoms with Gasteiger partial charge in [0, 0.05) is 20.1 Å². The molecule has 0 unspecified atom stereocenters. The topological polar surface area (TPSA) is 49.5 Å². The van der Waals surface area contributed by atoms with E-state index in [1.54, 1.807) is 6.07 Å². The van der Waals surface area contributed by atoms with Crippen LogP contribution in [-0.4, -0.2) is 24.8 Å². The van der Waals surface area contributed by atoms with Gasteiger partial charge in [-0.2, -0.15) is 0 Å². The monoisotopic (exact) mass is 316 g/mol. The molecular weight excluding hydrogens is 299 g/mol. The van der Waals surface area contributed by atoms with E-state index >= 15 is 0 Å². The molecule has 0 aromatic heterocycles. The number of benzene rings is 1. The number of nitrogens with zero attached hydrogens (tertiary/aromatic N) is 1. The molecule has 1 saturated carbocycles. The molecule has 1 fully saturated rings. The maximum Gasteiger partial charge on any atom is 0.160 e. The van der Waals surface area contributed by atoms with Crippen molar-refractivity contribution in [2.24, 2.45) is 11.7 Å². The van der Waals surface area contributed by atoms with Gasteiger partial charge in [0.15, 0.2) is 5.82 Å². The first-order valence-electron chi connectivity index (χ1n) is 6.09. The summed E-state index contributed by atoms with van der Waals surface area (Å²) in [4.78, 5) is 1.90. The van der Waals surface area contributed by atoms with Crippen molar-refractivity contribution in [1.82, 2.24) is 0 Å². The second-order valence-corrected chi connectivity index (χ2v) is 5.74. The fourth-order valence-corrected chi connectivity index (χ4v) is 2.86. The third-order valence-corrected chi connectivity index (χ3v) is 4.37. The Hall–Kier alpha value is -0.650. The van der Waals surface area contributed by atoms with E-state index in [2.05, 4.69) is 15.9 Å². The number of aliphatic hydroxyl groups is 1. The number of hydrogen-bond acceptors (Lipinski definition) is 3. The van der Waals surface area contributed by atoms with E-state index in [-0.39, 0.29) is 11.9 Å². The van der Waals surface area contributed by atoms with Gasteiger partial charge in [0.05, 0.1) is 16.3 Å². The van der Waals surface area contributed by atoms with Crippen molar-refractivity contribution < 1.29 is 9.50 Å². The van der Waals surface area contributed by atoms with Crippen LogP contribution in [0.3, 0.4) is 0 Å². The molecule has 1 aromatic rings. The van der Waals surface area contributed by atoms with Gasteiger partial charge in [0.2, 0.25) is 0 Å². The fraction of sp³-hybridized carbons (Fsp3) is 0.538. The average molecular weight is 317 g/mol. The van der Waals surface area contributed by atoms with Crippen LogP contribution in [0, 0.1) is 11.7 Å². The van der Waals surface area contributed by atoms with Crippen LogP contribution >= 0.6 is 15.9 Å². The molecule has 1 aliphatic rings. The molecule has 0 bridgehead atoms. The summed E-state index contributed by atoms with van der Waals surface area (Å²) >= 11 is 3.24. The van der Waals surface area contributed by atoms with Crippen molar-refractivity contribution in [3.63, 3.8) is 0 Å². The Morgan fingerprint density at radius 2 is 2.17 bits per heavy atom. The van der Waals surface area contributed by atoms with Gasteiger partial charge in [-0.15, -0.1) is 0 Å². The van der Waals surface area contributed by atoms with Crippen molar-refractivity contribution in [2.75, 3.05) is 18.5 Å². The summed E-state index contributed by atoms with van der Waals surface area (Å²) in [6, 6.07) is 3.60. The predicted molar refractivity (Wildman–Crippen MR) is 74.0 cm³/mol. The van der Waals surface area contributed by atoms with Crippen LogP contribution in [0.15, 0.2) is 16.6 Å². The number of nitrogens with two attached hydrogens (primary N) is 1. The maximum atomic E-state index is 14.2. The summed E-state index contributed by atoms with van der Waals surface area (Å²) in [5.41, 5.74) is 6.87. The number of rotatable bonds is 4. The first-order valence-corrected chi connectivity index (χ1v) is 6.88. The van der Waals surface area contributed by atoms with Gasteiger partial charge in [0.25, 0.3) is 0 Å². The second kappa shape index (κ2) is 5.55. The highest BCUT2D eigenvalue weighted by Crippen LogP contribution is 2.32. The van der Waals surface area contributed by atoms with Crippen LogP contribution in [0.4, 0.5) is 10.1 Å². The SMILES string of the molecule is CN(CC1CC(O)C1)c1ccc(CN)c(Br)c1F. The van der Waals surface area contributed by atoms with Crippen LogP contribution in [0.2, 0.25) is 0 Å². The fourth-order valence-electron chi connectivity index (χ4n) is 2.37.